The molecule has 2 atom stereocenters. The molecule has 0 spiro atoms. The summed E-state index contributed by atoms with van der Waals surface area (Å²) in [6.45, 7) is 4.86. The molecule has 5 heteroatoms. The molecular formula is C26H32N3O2+. The molecule has 5 nitrogen and oxygen atoms in total. The van der Waals surface area contributed by atoms with Gasteiger partial charge in [0.05, 0.1) is 12.6 Å². The molecule has 1 aliphatic carbocycles. The summed E-state index contributed by atoms with van der Waals surface area (Å²) in [6, 6.07) is 20.5. The van der Waals surface area contributed by atoms with Gasteiger partial charge in [-0.15, -0.1) is 0 Å². The minimum Gasteiger partial charge on any atom is -0.369 e. The fourth-order valence-corrected chi connectivity index (χ4v) is 5.82. The Hall–Kier alpha value is -2.95. The van der Waals surface area contributed by atoms with Crippen LogP contribution in [0.5, 0.6) is 0 Å². The smallest absolute Gasteiger partial charge is 0.244 e. The number of hydrogen-bond donors (Lipinski definition) is 1. The molecule has 2 N–H and O–H groups in total. The predicted octanol–water partition coefficient (Wildman–Crippen LogP) is 2.96. The van der Waals surface area contributed by atoms with Crippen molar-refractivity contribution in [3.05, 3.63) is 71.8 Å². The van der Waals surface area contributed by atoms with Crippen LogP contribution < -0.4 is 5.73 Å². The highest BCUT2D eigenvalue weighted by Gasteiger charge is 2.52. The van der Waals surface area contributed by atoms with Crippen LogP contribution in [0.25, 0.3) is 0 Å². The van der Waals surface area contributed by atoms with Gasteiger partial charge in [-0.25, -0.2) is 0 Å². The molecule has 31 heavy (non-hydrogen) atoms. The number of amides is 1. The second-order valence-corrected chi connectivity index (χ2v) is 8.75. The van der Waals surface area contributed by atoms with Crippen molar-refractivity contribution in [1.82, 2.24) is 4.90 Å². The van der Waals surface area contributed by atoms with Gasteiger partial charge < -0.3 is 10.5 Å². The maximum Gasteiger partial charge on any atom is 0.244 e. The van der Waals surface area contributed by atoms with Crippen molar-refractivity contribution in [2.75, 3.05) is 19.6 Å². The van der Waals surface area contributed by atoms with Crippen LogP contribution in [-0.2, 0) is 15.0 Å². The van der Waals surface area contributed by atoms with Gasteiger partial charge >= 0.3 is 0 Å². The van der Waals surface area contributed by atoms with Gasteiger partial charge in [0.1, 0.15) is 24.8 Å². The Kier molecular flexibility index (Phi) is 6.21. The van der Waals surface area contributed by atoms with Gasteiger partial charge in [0, 0.05) is 13.3 Å². The second-order valence-electron chi connectivity index (χ2n) is 8.75. The third kappa shape index (κ3) is 3.78. The largest absolute Gasteiger partial charge is 0.369 e. The molecule has 0 saturated heterocycles. The molecule has 0 aromatic heterocycles. The lowest BCUT2D eigenvalue weighted by Gasteiger charge is -2.37. The van der Waals surface area contributed by atoms with E-state index >= 15 is 0 Å². The zero-order chi connectivity index (χ0) is 21.8. The quantitative estimate of drug-likeness (QED) is 0.529. The summed E-state index contributed by atoms with van der Waals surface area (Å²) < 4.78 is 2.30. The summed E-state index contributed by atoms with van der Waals surface area (Å²) in [6.07, 6.45) is 4.47. The van der Waals surface area contributed by atoms with Gasteiger partial charge in [-0.2, -0.15) is 0 Å². The van der Waals surface area contributed by atoms with E-state index in [9.17, 15) is 9.59 Å². The van der Waals surface area contributed by atoms with Gasteiger partial charge in [-0.3, -0.25) is 14.3 Å². The van der Waals surface area contributed by atoms with Crippen molar-refractivity contribution in [1.29, 1.82) is 0 Å². The first-order valence-corrected chi connectivity index (χ1v) is 11.3. The summed E-state index contributed by atoms with van der Waals surface area (Å²) >= 11 is 0. The summed E-state index contributed by atoms with van der Waals surface area (Å²) in [5, 5.41) is 0. The number of hydrogen-bond acceptors (Lipinski definition) is 3. The first-order valence-electron chi connectivity index (χ1n) is 11.3. The maximum absolute atomic E-state index is 13.2. The summed E-state index contributed by atoms with van der Waals surface area (Å²) in [7, 11) is 0. The Morgan fingerprint density at radius 2 is 1.71 bits per heavy atom. The van der Waals surface area contributed by atoms with E-state index in [0.29, 0.717) is 12.5 Å². The van der Waals surface area contributed by atoms with E-state index in [1.807, 2.05) is 60.7 Å². The Morgan fingerprint density at radius 1 is 1.10 bits per heavy atom. The molecule has 2 aromatic rings. The van der Waals surface area contributed by atoms with Crippen molar-refractivity contribution in [2.45, 2.75) is 44.1 Å². The van der Waals surface area contributed by atoms with Gasteiger partial charge in [0.25, 0.3) is 0 Å². The number of benzene rings is 2. The van der Waals surface area contributed by atoms with Crippen molar-refractivity contribution < 1.29 is 14.2 Å². The Balaban J connectivity index is 1.68. The highest BCUT2D eigenvalue weighted by molar-refractivity contribution is 5.91. The lowest BCUT2D eigenvalue weighted by molar-refractivity contribution is -0.517. The average molecular weight is 419 g/mol. The third-order valence-corrected chi connectivity index (χ3v) is 7.31. The van der Waals surface area contributed by atoms with E-state index in [1.54, 1.807) is 0 Å². The summed E-state index contributed by atoms with van der Waals surface area (Å²) in [5.41, 5.74) is 7.35. The Labute approximate surface area is 184 Å². The average Bonchev–Trinajstić information content (AvgIpc) is 3.41. The van der Waals surface area contributed by atoms with E-state index in [0.717, 1.165) is 56.3 Å². The van der Waals surface area contributed by atoms with Crippen LogP contribution in [-0.4, -0.2) is 53.2 Å². The number of aldehydes is 1. The van der Waals surface area contributed by atoms with Crippen LogP contribution in [0.4, 0.5) is 0 Å². The standard InChI is InChI=1S/C26H31N3O2/c1-20-28(15-8-18-30)16-17-29(20)24-14-13-23(19-24)26(25(27)31,21-9-4-2-5-10-21)22-11-6-3-7-12-22/h2-7,9-12,18,23-24H,8,13-17,19H2,1H3,(H-,27,31)/p+1/t23-,24+/m0/s1. The Morgan fingerprint density at radius 3 is 2.26 bits per heavy atom. The fraction of sp³-hybridized carbons (Fsp3) is 0.423. The van der Waals surface area contributed by atoms with Gasteiger partial charge in [-0.1, -0.05) is 60.7 Å². The van der Waals surface area contributed by atoms with Crippen LogP contribution >= 0.6 is 0 Å². The Bertz CT molecular complexity index is 916. The van der Waals surface area contributed by atoms with E-state index in [1.165, 1.54) is 5.84 Å². The molecule has 2 aromatic carbocycles. The maximum atomic E-state index is 13.2. The molecule has 0 radical (unpaired) electrons. The number of rotatable bonds is 8. The molecule has 1 saturated carbocycles. The van der Waals surface area contributed by atoms with E-state index < -0.39 is 5.41 Å². The molecule has 2 aliphatic rings. The molecule has 162 valence electrons. The first-order chi connectivity index (χ1) is 15.1. The molecule has 0 bridgehead atoms. The monoisotopic (exact) mass is 418 g/mol. The van der Waals surface area contributed by atoms with Crippen molar-refractivity contribution in [3.8, 4) is 0 Å². The third-order valence-electron chi connectivity index (χ3n) is 7.31. The highest BCUT2D eigenvalue weighted by atomic mass is 16.1. The topological polar surface area (TPSA) is 66.4 Å². The molecule has 1 aliphatic heterocycles. The van der Waals surface area contributed by atoms with Crippen molar-refractivity contribution in [3.63, 3.8) is 0 Å². The zero-order valence-corrected chi connectivity index (χ0v) is 18.2. The molecule has 1 fully saturated rings. The van der Waals surface area contributed by atoms with E-state index in [2.05, 4.69) is 16.4 Å². The lowest BCUT2D eigenvalue weighted by Crippen LogP contribution is -2.48. The minimum atomic E-state index is -0.831. The van der Waals surface area contributed by atoms with E-state index in [4.69, 9.17) is 5.73 Å². The molecular weight excluding hydrogens is 386 g/mol. The highest BCUT2D eigenvalue weighted by Crippen LogP contribution is 2.48. The van der Waals surface area contributed by atoms with Gasteiger partial charge in [0.2, 0.25) is 11.7 Å². The first kappa shape index (κ1) is 21.3. The summed E-state index contributed by atoms with van der Waals surface area (Å²) in [5.74, 6) is 1.11. The second kappa shape index (κ2) is 9.04. The number of nitrogens with two attached hydrogens (primary N) is 1. The van der Waals surface area contributed by atoms with Gasteiger partial charge in [-0.05, 0) is 36.3 Å². The normalized spacial score (nSPS) is 21.5. The number of carbonyl (C=O) groups is 2. The number of carbonyl (C=O) groups excluding carboxylic acids is 2. The van der Waals surface area contributed by atoms with Crippen LogP contribution in [0.1, 0.15) is 43.7 Å². The fourth-order valence-electron chi connectivity index (χ4n) is 5.82. The van der Waals surface area contributed by atoms with Crippen LogP contribution in [0.2, 0.25) is 0 Å². The zero-order valence-electron chi connectivity index (χ0n) is 18.2. The molecule has 0 unspecified atom stereocenters. The van der Waals surface area contributed by atoms with Crippen LogP contribution in [0.15, 0.2) is 60.7 Å². The van der Waals surface area contributed by atoms with E-state index in [-0.39, 0.29) is 11.8 Å². The van der Waals surface area contributed by atoms with Crippen LogP contribution in [0.3, 0.4) is 0 Å². The van der Waals surface area contributed by atoms with Crippen LogP contribution in [0, 0.1) is 5.92 Å². The minimum absolute atomic E-state index is 0.136. The predicted molar refractivity (Wildman–Crippen MR) is 122 cm³/mol. The molecule has 1 heterocycles. The van der Waals surface area contributed by atoms with Crippen molar-refractivity contribution in [2.24, 2.45) is 11.7 Å². The number of primary amides is 1. The SMILES string of the molecule is CC1=[N+](CCC=O)CCN1[C@@H]1CC[C@H](C(C(N)=O)(c2ccccc2)c2ccccc2)C1. The molecule has 4 rings (SSSR count). The molecule has 1 amide bonds. The van der Waals surface area contributed by atoms with Crippen molar-refractivity contribution >= 4 is 18.0 Å². The number of nitrogens with zero attached hydrogens (tertiary/aromatic N) is 2. The van der Waals surface area contributed by atoms with Gasteiger partial charge in [0.15, 0.2) is 0 Å². The lowest BCUT2D eigenvalue weighted by atomic mass is 9.64. The number of amidine groups is 1. The summed E-state index contributed by atoms with van der Waals surface area (Å²) in [4.78, 5) is 26.5.